The Balaban J connectivity index is 2.98. The predicted molar refractivity (Wildman–Crippen MR) is 63.5 cm³/mol. The fourth-order valence-electron chi connectivity index (χ4n) is 1.40. The van der Waals surface area contributed by atoms with E-state index in [1.807, 2.05) is 22.6 Å². The van der Waals surface area contributed by atoms with Gasteiger partial charge in [0.05, 0.1) is 15.0 Å². The molecule has 15 heavy (non-hydrogen) atoms. The number of nitrogen functional groups attached to an aromatic ring is 1. The molecule has 0 saturated carbocycles. The molecule has 0 atom stereocenters. The minimum Gasteiger partial charge on any atom is -0.397 e. The fraction of sp³-hybridized carbons (Fsp3) is 0.100. The van der Waals surface area contributed by atoms with Gasteiger partial charge in [0.1, 0.15) is 5.52 Å². The second-order valence-corrected chi connectivity index (χ2v) is 4.26. The molecule has 1 aromatic heterocycles. The van der Waals surface area contributed by atoms with E-state index in [4.69, 9.17) is 5.73 Å². The van der Waals surface area contributed by atoms with Gasteiger partial charge in [-0.05, 0) is 41.6 Å². The van der Waals surface area contributed by atoms with Crippen LogP contribution in [0.2, 0.25) is 0 Å². The minimum atomic E-state index is -0.946. The summed E-state index contributed by atoms with van der Waals surface area (Å²) in [6.45, 7) is 1.71. The van der Waals surface area contributed by atoms with Crippen LogP contribution in [0.4, 0.5) is 14.5 Å². The summed E-state index contributed by atoms with van der Waals surface area (Å²) in [6, 6.07) is 2.50. The van der Waals surface area contributed by atoms with Crippen molar-refractivity contribution in [2.24, 2.45) is 0 Å². The van der Waals surface area contributed by atoms with E-state index in [1.165, 1.54) is 6.07 Å². The largest absolute Gasteiger partial charge is 0.397 e. The monoisotopic (exact) mass is 320 g/mol. The maximum atomic E-state index is 13.4. The Morgan fingerprint density at radius 2 is 2.00 bits per heavy atom. The van der Waals surface area contributed by atoms with Gasteiger partial charge in [-0.15, -0.1) is 0 Å². The van der Waals surface area contributed by atoms with E-state index < -0.39 is 11.6 Å². The SMILES string of the molecule is Cc1nc2c(F)c(F)ccc2c(N)c1I. The molecule has 0 aliphatic rings. The molecule has 0 spiro atoms. The smallest absolute Gasteiger partial charge is 0.185 e. The van der Waals surface area contributed by atoms with Gasteiger partial charge >= 0.3 is 0 Å². The number of halogens is 3. The van der Waals surface area contributed by atoms with Gasteiger partial charge < -0.3 is 5.73 Å². The lowest BCUT2D eigenvalue weighted by molar-refractivity contribution is 0.515. The molecule has 0 bridgehead atoms. The molecule has 0 unspecified atom stereocenters. The second kappa shape index (κ2) is 3.55. The summed E-state index contributed by atoms with van der Waals surface area (Å²) in [5.74, 6) is -1.85. The summed E-state index contributed by atoms with van der Waals surface area (Å²) >= 11 is 2.03. The second-order valence-electron chi connectivity index (χ2n) is 3.18. The number of hydrogen-bond acceptors (Lipinski definition) is 2. The molecule has 0 fully saturated rings. The van der Waals surface area contributed by atoms with Crippen molar-refractivity contribution in [1.29, 1.82) is 0 Å². The maximum Gasteiger partial charge on any atom is 0.185 e. The van der Waals surface area contributed by atoms with Crippen molar-refractivity contribution in [2.75, 3.05) is 5.73 Å². The number of anilines is 1. The van der Waals surface area contributed by atoms with Crippen molar-refractivity contribution in [2.45, 2.75) is 6.92 Å². The van der Waals surface area contributed by atoms with Gasteiger partial charge in [-0.1, -0.05) is 0 Å². The van der Waals surface area contributed by atoms with Crippen molar-refractivity contribution >= 4 is 39.2 Å². The van der Waals surface area contributed by atoms with Gasteiger partial charge in [0.2, 0.25) is 0 Å². The highest BCUT2D eigenvalue weighted by Crippen LogP contribution is 2.29. The topological polar surface area (TPSA) is 38.9 Å². The molecule has 0 aliphatic heterocycles. The zero-order valence-corrected chi connectivity index (χ0v) is 9.97. The summed E-state index contributed by atoms with van der Waals surface area (Å²) < 4.78 is 27.1. The Labute approximate surface area is 98.6 Å². The van der Waals surface area contributed by atoms with Crippen molar-refractivity contribution in [1.82, 2.24) is 4.98 Å². The first kappa shape index (κ1) is 10.5. The summed E-state index contributed by atoms with van der Waals surface area (Å²) in [4.78, 5) is 3.99. The molecular formula is C10H7F2IN2. The fourth-order valence-corrected chi connectivity index (χ4v) is 1.81. The lowest BCUT2D eigenvalue weighted by atomic mass is 10.1. The first-order valence-electron chi connectivity index (χ1n) is 4.21. The first-order valence-corrected chi connectivity index (χ1v) is 5.29. The third kappa shape index (κ3) is 1.54. The zero-order valence-electron chi connectivity index (χ0n) is 7.81. The molecule has 2 rings (SSSR count). The van der Waals surface area contributed by atoms with E-state index in [-0.39, 0.29) is 5.52 Å². The first-order chi connectivity index (χ1) is 7.02. The molecule has 0 radical (unpaired) electrons. The molecule has 1 aromatic carbocycles. The molecule has 1 heterocycles. The number of aromatic nitrogens is 1. The summed E-state index contributed by atoms with van der Waals surface area (Å²) in [7, 11) is 0. The van der Waals surface area contributed by atoms with Gasteiger partial charge in [-0.2, -0.15) is 0 Å². The molecular weight excluding hydrogens is 313 g/mol. The van der Waals surface area contributed by atoms with Crippen LogP contribution in [-0.2, 0) is 0 Å². The molecule has 2 nitrogen and oxygen atoms in total. The van der Waals surface area contributed by atoms with Gasteiger partial charge in [0, 0.05) is 5.39 Å². The maximum absolute atomic E-state index is 13.4. The van der Waals surface area contributed by atoms with E-state index in [9.17, 15) is 8.78 Å². The van der Waals surface area contributed by atoms with Crippen molar-refractivity contribution < 1.29 is 8.78 Å². The number of benzene rings is 1. The molecule has 5 heteroatoms. The highest BCUT2D eigenvalue weighted by molar-refractivity contribution is 14.1. The average Bonchev–Trinajstić information content (AvgIpc) is 2.21. The van der Waals surface area contributed by atoms with Crippen LogP contribution in [0.1, 0.15) is 5.69 Å². The molecule has 0 amide bonds. The average molecular weight is 320 g/mol. The predicted octanol–water partition coefficient (Wildman–Crippen LogP) is 3.01. The Morgan fingerprint density at radius 1 is 1.33 bits per heavy atom. The number of rotatable bonds is 0. The summed E-state index contributed by atoms with van der Waals surface area (Å²) in [6.07, 6.45) is 0. The van der Waals surface area contributed by atoms with Crippen LogP contribution in [0.3, 0.4) is 0 Å². The third-order valence-corrected chi connectivity index (χ3v) is 3.55. The van der Waals surface area contributed by atoms with Crippen LogP contribution >= 0.6 is 22.6 Å². The van der Waals surface area contributed by atoms with E-state index in [0.717, 1.165) is 9.64 Å². The zero-order chi connectivity index (χ0) is 11.2. The van der Waals surface area contributed by atoms with Crippen LogP contribution in [0.15, 0.2) is 12.1 Å². The van der Waals surface area contributed by atoms with E-state index in [1.54, 1.807) is 6.92 Å². The molecule has 0 saturated heterocycles. The van der Waals surface area contributed by atoms with Gasteiger partial charge in [0.25, 0.3) is 0 Å². The number of nitrogens with two attached hydrogens (primary N) is 1. The number of pyridine rings is 1. The number of hydrogen-bond donors (Lipinski definition) is 1. The summed E-state index contributed by atoms with van der Waals surface area (Å²) in [5, 5.41) is 0.448. The summed E-state index contributed by atoms with van der Waals surface area (Å²) in [5.41, 5.74) is 6.84. The van der Waals surface area contributed by atoms with Crippen molar-refractivity contribution in [3.63, 3.8) is 0 Å². The molecule has 0 aliphatic carbocycles. The lowest BCUT2D eigenvalue weighted by Crippen LogP contribution is -2.00. The molecule has 2 N–H and O–H groups in total. The quantitative estimate of drug-likeness (QED) is 0.758. The van der Waals surface area contributed by atoms with Crippen molar-refractivity contribution in [3.05, 3.63) is 33.0 Å². The van der Waals surface area contributed by atoms with Crippen LogP contribution in [0.25, 0.3) is 10.9 Å². The Bertz CT molecular complexity index is 555. The minimum absolute atomic E-state index is 0.00887. The molecule has 78 valence electrons. The molecule has 2 aromatic rings. The van der Waals surface area contributed by atoms with E-state index >= 15 is 0 Å². The lowest BCUT2D eigenvalue weighted by Gasteiger charge is -2.07. The van der Waals surface area contributed by atoms with Crippen molar-refractivity contribution in [3.8, 4) is 0 Å². The Morgan fingerprint density at radius 3 is 2.67 bits per heavy atom. The van der Waals surface area contributed by atoms with Gasteiger partial charge in [0.15, 0.2) is 11.6 Å². The van der Waals surface area contributed by atoms with Crippen LogP contribution in [0.5, 0.6) is 0 Å². The van der Waals surface area contributed by atoms with Crippen LogP contribution < -0.4 is 5.73 Å². The van der Waals surface area contributed by atoms with Gasteiger partial charge in [-0.3, -0.25) is 0 Å². The van der Waals surface area contributed by atoms with Crippen LogP contribution in [-0.4, -0.2) is 4.98 Å². The third-order valence-electron chi connectivity index (χ3n) is 2.19. The highest BCUT2D eigenvalue weighted by Gasteiger charge is 2.13. The number of aryl methyl sites for hydroxylation is 1. The number of nitrogens with zero attached hydrogens (tertiary/aromatic N) is 1. The van der Waals surface area contributed by atoms with E-state index in [0.29, 0.717) is 16.8 Å². The van der Waals surface area contributed by atoms with Crippen LogP contribution in [0, 0.1) is 22.1 Å². The highest BCUT2D eigenvalue weighted by atomic mass is 127. The number of fused-ring (bicyclic) bond motifs is 1. The standard InChI is InChI=1S/C10H7F2IN2/c1-4-8(13)9(14)5-2-3-6(11)7(12)10(5)15-4/h2-3H,1H3,(H2,14,15). The van der Waals surface area contributed by atoms with E-state index in [2.05, 4.69) is 4.98 Å². The normalized spacial score (nSPS) is 10.9. The van der Waals surface area contributed by atoms with Gasteiger partial charge in [-0.25, -0.2) is 13.8 Å². The Kier molecular flexibility index (Phi) is 2.49. The Hall–Kier alpha value is -0.980.